The van der Waals surface area contributed by atoms with Gasteiger partial charge in [-0.05, 0) is 25.1 Å². The monoisotopic (exact) mass is 321 g/mol. The molecule has 118 valence electrons. The second-order valence-electron chi connectivity index (χ2n) is 5.53. The van der Waals surface area contributed by atoms with Crippen molar-refractivity contribution in [3.8, 4) is 0 Å². The normalized spacial score (nSPS) is 23.5. The molecular formula is C15H19N3O3S. The second-order valence-corrected chi connectivity index (χ2v) is 6.89. The molecule has 2 aliphatic rings. The average molecular weight is 321 g/mol. The standard InChI is InChI=1S/C15H19N3O3S/c1-9(19)16-7-12-8-18(15(20)21-12)11-4-5-13-14(6-11)22-10(2)17(13)3/h4-6,10,12H,7-8H2,1-3H3,(H,16,19)/t10?,12-/m0/s1. The fraction of sp³-hybridized carbons (Fsp3) is 0.467. The number of benzene rings is 1. The molecule has 1 aromatic carbocycles. The number of carbonyl (C=O) groups is 2. The van der Waals surface area contributed by atoms with Crippen LogP contribution >= 0.6 is 11.8 Å². The summed E-state index contributed by atoms with van der Waals surface area (Å²) in [5.41, 5.74) is 2.02. The van der Waals surface area contributed by atoms with E-state index < -0.39 is 0 Å². The summed E-state index contributed by atoms with van der Waals surface area (Å²) in [6.07, 6.45) is -0.668. The number of carbonyl (C=O) groups excluding carboxylic acids is 2. The van der Waals surface area contributed by atoms with Gasteiger partial charge < -0.3 is 15.0 Å². The summed E-state index contributed by atoms with van der Waals surface area (Å²) in [4.78, 5) is 28.0. The van der Waals surface area contributed by atoms with Gasteiger partial charge in [0.25, 0.3) is 0 Å². The maximum Gasteiger partial charge on any atom is 0.414 e. The summed E-state index contributed by atoms with van der Waals surface area (Å²) in [5.74, 6) is -0.125. The van der Waals surface area contributed by atoms with Crippen molar-refractivity contribution < 1.29 is 14.3 Å². The van der Waals surface area contributed by atoms with Crippen molar-refractivity contribution in [3.63, 3.8) is 0 Å². The Kier molecular flexibility index (Phi) is 3.90. The van der Waals surface area contributed by atoms with E-state index in [1.165, 1.54) is 17.5 Å². The van der Waals surface area contributed by atoms with E-state index in [4.69, 9.17) is 4.74 Å². The van der Waals surface area contributed by atoms with Gasteiger partial charge in [-0.25, -0.2) is 4.79 Å². The first-order valence-electron chi connectivity index (χ1n) is 7.22. The van der Waals surface area contributed by atoms with Crippen molar-refractivity contribution in [2.75, 3.05) is 29.9 Å². The Labute approximate surface area is 133 Å². The molecule has 3 rings (SSSR count). The van der Waals surface area contributed by atoms with E-state index in [2.05, 4.69) is 24.2 Å². The molecule has 22 heavy (non-hydrogen) atoms. The van der Waals surface area contributed by atoms with Crippen LogP contribution in [0.4, 0.5) is 16.2 Å². The Morgan fingerprint density at radius 1 is 1.50 bits per heavy atom. The maximum absolute atomic E-state index is 12.0. The minimum Gasteiger partial charge on any atom is -0.442 e. The lowest BCUT2D eigenvalue weighted by molar-refractivity contribution is -0.119. The minimum atomic E-state index is -0.361. The molecule has 2 atom stereocenters. The van der Waals surface area contributed by atoms with E-state index in [-0.39, 0.29) is 18.1 Å². The number of nitrogens with zero attached hydrogens (tertiary/aromatic N) is 2. The predicted octanol–water partition coefficient (Wildman–Crippen LogP) is 2.04. The van der Waals surface area contributed by atoms with Crippen molar-refractivity contribution in [2.45, 2.75) is 30.2 Å². The smallest absolute Gasteiger partial charge is 0.414 e. The molecule has 0 aliphatic carbocycles. The van der Waals surface area contributed by atoms with Crippen LogP contribution in [0.15, 0.2) is 23.1 Å². The van der Waals surface area contributed by atoms with Gasteiger partial charge in [0.2, 0.25) is 5.91 Å². The van der Waals surface area contributed by atoms with Crippen LogP contribution in [0, 0.1) is 0 Å². The third-order valence-electron chi connectivity index (χ3n) is 3.93. The first-order valence-corrected chi connectivity index (χ1v) is 8.10. The Bertz CT molecular complexity index is 622. The Morgan fingerprint density at radius 2 is 2.27 bits per heavy atom. The number of anilines is 2. The van der Waals surface area contributed by atoms with Gasteiger partial charge in [0.05, 0.1) is 24.2 Å². The lowest BCUT2D eigenvalue weighted by Crippen LogP contribution is -2.33. The molecule has 1 fully saturated rings. The zero-order valence-corrected chi connectivity index (χ0v) is 13.6. The highest BCUT2D eigenvalue weighted by molar-refractivity contribution is 8.00. The van der Waals surface area contributed by atoms with Crippen LogP contribution in [0.2, 0.25) is 0 Å². The molecule has 2 aliphatic heterocycles. The quantitative estimate of drug-likeness (QED) is 0.923. The van der Waals surface area contributed by atoms with Gasteiger partial charge in [0, 0.05) is 24.6 Å². The Balaban J connectivity index is 1.74. The second kappa shape index (κ2) is 5.72. The van der Waals surface area contributed by atoms with Gasteiger partial charge in [-0.15, -0.1) is 0 Å². The number of cyclic esters (lactones) is 1. The molecule has 2 amide bonds. The van der Waals surface area contributed by atoms with E-state index in [1.807, 2.05) is 18.2 Å². The molecule has 1 N–H and O–H groups in total. The number of hydrogen-bond donors (Lipinski definition) is 1. The van der Waals surface area contributed by atoms with Crippen molar-refractivity contribution in [1.29, 1.82) is 0 Å². The lowest BCUT2D eigenvalue weighted by atomic mass is 10.2. The van der Waals surface area contributed by atoms with Crippen LogP contribution < -0.4 is 15.1 Å². The number of thioether (sulfide) groups is 1. The van der Waals surface area contributed by atoms with Crippen LogP contribution in [0.25, 0.3) is 0 Å². The van der Waals surface area contributed by atoms with Gasteiger partial charge in [-0.2, -0.15) is 0 Å². The third kappa shape index (κ3) is 2.72. The first-order chi connectivity index (χ1) is 10.5. The topological polar surface area (TPSA) is 61.9 Å². The zero-order valence-electron chi connectivity index (χ0n) is 12.8. The van der Waals surface area contributed by atoms with Gasteiger partial charge in [-0.1, -0.05) is 11.8 Å². The molecule has 6 nitrogen and oxygen atoms in total. The van der Waals surface area contributed by atoms with Crippen LogP contribution in [0.1, 0.15) is 13.8 Å². The molecule has 1 aromatic rings. The highest BCUT2D eigenvalue weighted by Gasteiger charge is 2.33. The van der Waals surface area contributed by atoms with Crippen molar-refractivity contribution in [2.24, 2.45) is 0 Å². The molecule has 7 heteroatoms. The maximum atomic E-state index is 12.0. The predicted molar refractivity (Wildman–Crippen MR) is 86.5 cm³/mol. The molecule has 0 bridgehead atoms. The van der Waals surface area contributed by atoms with E-state index in [1.54, 1.807) is 16.7 Å². The highest BCUT2D eigenvalue weighted by atomic mass is 32.2. The summed E-state index contributed by atoms with van der Waals surface area (Å²) in [5, 5.41) is 3.07. The summed E-state index contributed by atoms with van der Waals surface area (Å²) in [6.45, 7) is 4.40. The molecule has 0 aromatic heterocycles. The molecule has 0 saturated carbocycles. The first kappa shape index (κ1) is 15.0. The summed E-state index contributed by atoms with van der Waals surface area (Å²) in [7, 11) is 2.07. The number of amides is 2. The van der Waals surface area contributed by atoms with E-state index >= 15 is 0 Å². The lowest BCUT2D eigenvalue weighted by Gasteiger charge is -2.18. The molecule has 0 radical (unpaired) electrons. The molecule has 0 spiro atoms. The summed E-state index contributed by atoms with van der Waals surface area (Å²) < 4.78 is 5.30. The summed E-state index contributed by atoms with van der Waals surface area (Å²) in [6, 6.07) is 6.01. The fourth-order valence-electron chi connectivity index (χ4n) is 2.61. The number of hydrogen-bond acceptors (Lipinski definition) is 5. The molecule has 2 heterocycles. The van der Waals surface area contributed by atoms with Crippen LogP contribution in [0.5, 0.6) is 0 Å². The average Bonchev–Trinajstić information content (AvgIpc) is 2.97. The molecule has 1 unspecified atom stereocenters. The Morgan fingerprint density at radius 3 is 3.00 bits per heavy atom. The van der Waals surface area contributed by atoms with Crippen molar-refractivity contribution >= 4 is 35.1 Å². The number of rotatable bonds is 3. The van der Waals surface area contributed by atoms with Crippen LogP contribution in [0.3, 0.4) is 0 Å². The largest absolute Gasteiger partial charge is 0.442 e. The van der Waals surface area contributed by atoms with Gasteiger partial charge in [0.15, 0.2) is 0 Å². The van der Waals surface area contributed by atoms with Gasteiger partial charge in [0.1, 0.15) is 6.10 Å². The van der Waals surface area contributed by atoms with Crippen molar-refractivity contribution in [1.82, 2.24) is 5.32 Å². The minimum absolute atomic E-state index is 0.125. The number of ether oxygens (including phenoxy) is 1. The summed E-state index contributed by atoms with van der Waals surface area (Å²) >= 11 is 1.78. The van der Waals surface area contributed by atoms with Gasteiger partial charge >= 0.3 is 6.09 Å². The fourth-order valence-corrected chi connectivity index (χ4v) is 3.77. The highest BCUT2D eigenvalue weighted by Crippen LogP contribution is 2.44. The van der Waals surface area contributed by atoms with E-state index in [9.17, 15) is 9.59 Å². The van der Waals surface area contributed by atoms with E-state index in [0.717, 1.165) is 5.69 Å². The SMILES string of the molecule is CC(=O)NC[C@H]1CN(c2ccc3c(c2)SC(C)N3C)C(=O)O1. The van der Waals surface area contributed by atoms with Crippen LogP contribution in [-0.4, -0.2) is 43.6 Å². The Hall–Kier alpha value is -1.89. The third-order valence-corrected chi connectivity index (χ3v) is 5.17. The van der Waals surface area contributed by atoms with Crippen molar-refractivity contribution in [3.05, 3.63) is 18.2 Å². The molecular weight excluding hydrogens is 302 g/mol. The van der Waals surface area contributed by atoms with E-state index in [0.29, 0.717) is 18.5 Å². The molecule has 1 saturated heterocycles. The van der Waals surface area contributed by atoms with Gasteiger partial charge in [-0.3, -0.25) is 9.69 Å². The number of fused-ring (bicyclic) bond motifs is 1. The zero-order chi connectivity index (χ0) is 15.9. The van der Waals surface area contributed by atoms with Crippen LogP contribution in [-0.2, 0) is 9.53 Å². The number of nitrogens with one attached hydrogen (secondary N) is 1.